The SMILES string of the molecule is CSc1ccc(OC2CCN(CC(F)(F)F)C2)cc1. The molecule has 0 aromatic heterocycles. The van der Waals surface area contributed by atoms with Crippen LogP contribution in [0.5, 0.6) is 5.75 Å². The molecule has 1 aromatic carbocycles. The minimum Gasteiger partial charge on any atom is -0.489 e. The van der Waals surface area contributed by atoms with E-state index in [2.05, 4.69) is 0 Å². The molecule has 1 aliphatic heterocycles. The minimum absolute atomic E-state index is 0.150. The molecule has 2 nitrogen and oxygen atoms in total. The van der Waals surface area contributed by atoms with Gasteiger partial charge in [0.05, 0.1) is 6.54 Å². The third kappa shape index (κ3) is 4.62. The highest BCUT2D eigenvalue weighted by atomic mass is 32.2. The highest BCUT2D eigenvalue weighted by molar-refractivity contribution is 7.98. The van der Waals surface area contributed by atoms with Crippen LogP contribution in [0, 0.1) is 0 Å². The van der Waals surface area contributed by atoms with Crippen molar-refractivity contribution in [2.45, 2.75) is 23.6 Å². The number of ether oxygens (including phenoxy) is 1. The van der Waals surface area contributed by atoms with Crippen LogP contribution in [-0.4, -0.2) is 43.1 Å². The fourth-order valence-electron chi connectivity index (χ4n) is 2.14. The Morgan fingerprint density at radius 2 is 2.00 bits per heavy atom. The van der Waals surface area contributed by atoms with Crippen LogP contribution in [0.15, 0.2) is 29.2 Å². The van der Waals surface area contributed by atoms with Crippen LogP contribution >= 0.6 is 11.8 Å². The predicted molar refractivity (Wildman–Crippen MR) is 69.8 cm³/mol. The molecule has 0 bridgehead atoms. The average molecular weight is 291 g/mol. The van der Waals surface area contributed by atoms with Crippen LogP contribution < -0.4 is 4.74 Å². The Labute approximate surface area is 114 Å². The monoisotopic (exact) mass is 291 g/mol. The lowest BCUT2D eigenvalue weighted by atomic mass is 10.3. The summed E-state index contributed by atoms with van der Waals surface area (Å²) in [5.41, 5.74) is 0. The Morgan fingerprint density at radius 1 is 1.32 bits per heavy atom. The van der Waals surface area contributed by atoms with Crippen molar-refractivity contribution < 1.29 is 17.9 Å². The average Bonchev–Trinajstić information content (AvgIpc) is 2.75. The zero-order valence-corrected chi connectivity index (χ0v) is 11.4. The van der Waals surface area contributed by atoms with E-state index in [4.69, 9.17) is 4.74 Å². The standard InChI is InChI=1S/C13H16F3NOS/c1-19-12-4-2-10(3-5-12)18-11-6-7-17(8-11)9-13(14,15)16/h2-5,11H,6-9H2,1H3. The number of nitrogens with zero attached hydrogens (tertiary/aromatic N) is 1. The van der Waals surface area contributed by atoms with E-state index < -0.39 is 12.7 Å². The Hall–Kier alpha value is -0.880. The van der Waals surface area contributed by atoms with Crippen LogP contribution in [0.2, 0.25) is 0 Å². The minimum atomic E-state index is -4.13. The maximum atomic E-state index is 12.3. The van der Waals surface area contributed by atoms with Gasteiger partial charge in [0.1, 0.15) is 11.9 Å². The summed E-state index contributed by atoms with van der Waals surface area (Å²) in [6.07, 6.45) is -1.65. The smallest absolute Gasteiger partial charge is 0.401 e. The lowest BCUT2D eigenvalue weighted by molar-refractivity contribution is -0.144. The van der Waals surface area contributed by atoms with E-state index in [9.17, 15) is 13.2 Å². The van der Waals surface area contributed by atoms with Gasteiger partial charge in [-0.2, -0.15) is 13.2 Å². The summed E-state index contributed by atoms with van der Waals surface area (Å²) in [5.74, 6) is 0.719. The number of halogens is 3. The molecule has 0 saturated carbocycles. The van der Waals surface area contributed by atoms with Crippen LogP contribution in [0.1, 0.15) is 6.42 Å². The van der Waals surface area contributed by atoms with Crippen LogP contribution in [-0.2, 0) is 0 Å². The summed E-state index contributed by atoms with van der Waals surface area (Å²) in [5, 5.41) is 0. The number of rotatable bonds is 4. The molecule has 106 valence electrons. The number of alkyl halides is 3. The van der Waals surface area contributed by atoms with Crippen molar-refractivity contribution >= 4 is 11.8 Å². The molecule has 19 heavy (non-hydrogen) atoms. The van der Waals surface area contributed by atoms with Gasteiger partial charge in [0.25, 0.3) is 0 Å². The van der Waals surface area contributed by atoms with Crippen molar-refractivity contribution in [3.05, 3.63) is 24.3 Å². The number of hydrogen-bond acceptors (Lipinski definition) is 3. The van der Waals surface area contributed by atoms with Crippen molar-refractivity contribution in [1.82, 2.24) is 4.90 Å². The summed E-state index contributed by atoms with van der Waals surface area (Å²) in [4.78, 5) is 2.53. The van der Waals surface area contributed by atoms with E-state index in [1.807, 2.05) is 30.5 Å². The lowest BCUT2D eigenvalue weighted by Gasteiger charge is -2.18. The number of hydrogen-bond donors (Lipinski definition) is 0. The molecule has 1 heterocycles. The topological polar surface area (TPSA) is 12.5 Å². The maximum Gasteiger partial charge on any atom is 0.401 e. The first-order chi connectivity index (χ1) is 8.96. The number of thioether (sulfide) groups is 1. The number of likely N-dealkylation sites (tertiary alicyclic amines) is 1. The molecule has 0 aliphatic carbocycles. The van der Waals surface area contributed by atoms with Gasteiger partial charge in [0.15, 0.2) is 0 Å². The van der Waals surface area contributed by atoms with Gasteiger partial charge in [-0.15, -0.1) is 11.8 Å². The zero-order valence-electron chi connectivity index (χ0n) is 10.6. The summed E-state index contributed by atoms with van der Waals surface area (Å²) in [7, 11) is 0. The van der Waals surface area contributed by atoms with Gasteiger partial charge in [-0.25, -0.2) is 0 Å². The van der Waals surface area contributed by atoms with Gasteiger partial charge >= 0.3 is 6.18 Å². The first kappa shape index (κ1) is 14.5. The van der Waals surface area contributed by atoms with E-state index in [0.29, 0.717) is 19.5 Å². The van der Waals surface area contributed by atoms with E-state index in [1.54, 1.807) is 11.8 Å². The van der Waals surface area contributed by atoms with Crippen LogP contribution in [0.3, 0.4) is 0 Å². The van der Waals surface area contributed by atoms with Crippen molar-refractivity contribution in [2.24, 2.45) is 0 Å². The fourth-order valence-corrected chi connectivity index (χ4v) is 2.55. The molecule has 1 saturated heterocycles. The Bertz CT molecular complexity index is 407. The highest BCUT2D eigenvalue weighted by Crippen LogP contribution is 2.24. The number of benzene rings is 1. The fraction of sp³-hybridized carbons (Fsp3) is 0.538. The van der Waals surface area contributed by atoms with E-state index in [-0.39, 0.29) is 6.10 Å². The second-order valence-electron chi connectivity index (χ2n) is 4.55. The van der Waals surface area contributed by atoms with Gasteiger partial charge in [-0.3, -0.25) is 4.90 Å². The largest absolute Gasteiger partial charge is 0.489 e. The zero-order chi connectivity index (χ0) is 13.9. The molecule has 1 unspecified atom stereocenters. The third-order valence-electron chi connectivity index (χ3n) is 2.99. The first-order valence-electron chi connectivity index (χ1n) is 6.06. The van der Waals surface area contributed by atoms with Crippen molar-refractivity contribution in [1.29, 1.82) is 0 Å². The molecule has 0 spiro atoms. The highest BCUT2D eigenvalue weighted by Gasteiger charge is 2.34. The Kier molecular flexibility index (Phi) is 4.62. The summed E-state index contributed by atoms with van der Waals surface area (Å²) in [6.45, 7) is -0.0743. The Morgan fingerprint density at radius 3 is 2.58 bits per heavy atom. The summed E-state index contributed by atoms with van der Waals surface area (Å²) >= 11 is 1.64. The molecule has 1 aliphatic rings. The maximum absolute atomic E-state index is 12.3. The lowest BCUT2D eigenvalue weighted by Crippen LogP contribution is -2.33. The van der Waals surface area contributed by atoms with Crippen molar-refractivity contribution in [3.8, 4) is 5.75 Å². The molecule has 6 heteroatoms. The molecular formula is C13H16F3NOS. The van der Waals surface area contributed by atoms with Crippen LogP contribution in [0.25, 0.3) is 0 Å². The summed E-state index contributed by atoms with van der Waals surface area (Å²) < 4.78 is 42.5. The van der Waals surface area contributed by atoms with Gasteiger partial charge in [-0.05, 0) is 36.9 Å². The van der Waals surface area contributed by atoms with E-state index in [1.165, 1.54) is 4.90 Å². The van der Waals surface area contributed by atoms with Crippen molar-refractivity contribution in [3.63, 3.8) is 0 Å². The van der Waals surface area contributed by atoms with Gasteiger partial charge < -0.3 is 4.74 Å². The normalized spacial score (nSPS) is 20.7. The molecule has 1 atom stereocenters. The third-order valence-corrected chi connectivity index (χ3v) is 3.74. The van der Waals surface area contributed by atoms with Crippen molar-refractivity contribution in [2.75, 3.05) is 25.9 Å². The first-order valence-corrected chi connectivity index (χ1v) is 7.28. The summed E-state index contributed by atoms with van der Waals surface area (Å²) in [6, 6.07) is 7.61. The molecule has 2 rings (SSSR count). The van der Waals surface area contributed by atoms with Gasteiger partial charge in [-0.1, -0.05) is 0 Å². The van der Waals surface area contributed by atoms with Gasteiger partial charge in [0.2, 0.25) is 0 Å². The molecule has 1 fully saturated rings. The molecular weight excluding hydrogens is 275 g/mol. The second-order valence-corrected chi connectivity index (χ2v) is 5.43. The van der Waals surface area contributed by atoms with Gasteiger partial charge in [0, 0.05) is 18.0 Å². The quantitative estimate of drug-likeness (QED) is 0.789. The van der Waals surface area contributed by atoms with E-state index >= 15 is 0 Å². The second kappa shape index (κ2) is 6.05. The Balaban J connectivity index is 1.84. The van der Waals surface area contributed by atoms with E-state index in [0.717, 1.165) is 10.6 Å². The predicted octanol–water partition coefficient (Wildman–Crippen LogP) is 3.42. The molecule has 0 amide bonds. The van der Waals surface area contributed by atoms with Crippen LogP contribution in [0.4, 0.5) is 13.2 Å². The molecule has 0 N–H and O–H groups in total. The molecule has 1 aromatic rings. The molecule has 0 radical (unpaired) electrons.